The number of aromatic nitrogens is 1. The summed E-state index contributed by atoms with van der Waals surface area (Å²) < 4.78 is 18.4. The number of aryl methyl sites for hydroxylation is 3. The average molecular weight is 408 g/mol. The van der Waals surface area contributed by atoms with Gasteiger partial charge in [-0.2, -0.15) is 0 Å². The zero-order valence-electron chi connectivity index (χ0n) is 20.7. The van der Waals surface area contributed by atoms with Crippen LogP contribution in [0.5, 0.6) is 0 Å². The molecule has 1 saturated carbocycles. The molecule has 1 aliphatic carbocycles. The van der Waals surface area contributed by atoms with E-state index in [0.717, 1.165) is 27.8 Å². The average Bonchev–Trinajstić information content (AvgIpc) is 2.81. The second-order valence-electron chi connectivity index (χ2n) is 8.94. The molecule has 1 nitrogen and oxygen atoms in total. The Hall–Kier alpha value is -2.93. The van der Waals surface area contributed by atoms with Crippen molar-refractivity contribution in [1.29, 1.82) is 0 Å². The van der Waals surface area contributed by atoms with Crippen LogP contribution >= 0.6 is 0 Å². The second-order valence-corrected chi connectivity index (χ2v) is 8.94. The number of benzene rings is 3. The lowest BCUT2D eigenvalue weighted by molar-refractivity contribution is 0.396. The maximum Gasteiger partial charge on any atom is 0.0780 e. The zero-order chi connectivity index (χ0) is 23.2. The molecule has 0 spiro atoms. The monoisotopic (exact) mass is 407 g/mol. The van der Waals surface area contributed by atoms with Crippen molar-refractivity contribution in [2.75, 3.05) is 0 Å². The van der Waals surface area contributed by atoms with Crippen LogP contribution in [0.15, 0.2) is 72.9 Å². The van der Waals surface area contributed by atoms with Gasteiger partial charge in [-0.25, -0.2) is 0 Å². The van der Waals surface area contributed by atoms with E-state index in [9.17, 15) is 1.37 Å². The second kappa shape index (κ2) is 8.30. The van der Waals surface area contributed by atoms with E-state index in [2.05, 4.69) is 69.3 Å². The molecule has 1 aliphatic rings. The summed E-state index contributed by atoms with van der Waals surface area (Å²) in [5.74, 6) is -1.24. The van der Waals surface area contributed by atoms with Crippen LogP contribution in [0, 0.1) is 20.8 Å². The number of fused-ring (bicyclic) bond motifs is 1. The molecule has 0 atom stereocenters. The molecule has 4 aromatic rings. The first-order valence-electron chi connectivity index (χ1n) is 12.3. The molecule has 0 bridgehead atoms. The van der Waals surface area contributed by atoms with Gasteiger partial charge in [0, 0.05) is 19.9 Å². The lowest BCUT2D eigenvalue weighted by Gasteiger charge is -2.30. The van der Waals surface area contributed by atoms with Gasteiger partial charge in [0.15, 0.2) is 0 Å². The minimum Gasteiger partial charge on any atom is -0.256 e. The van der Waals surface area contributed by atoms with E-state index in [-0.39, 0.29) is 0 Å². The summed E-state index contributed by atoms with van der Waals surface area (Å²) in [7, 11) is 0. The van der Waals surface area contributed by atoms with Gasteiger partial charge in [0.25, 0.3) is 0 Å². The quantitative estimate of drug-likeness (QED) is 0.333. The van der Waals surface area contributed by atoms with Gasteiger partial charge >= 0.3 is 0 Å². The number of pyridine rings is 1. The Labute approximate surface area is 189 Å². The smallest absolute Gasteiger partial charge is 0.0780 e. The summed E-state index contributed by atoms with van der Waals surface area (Å²) >= 11 is 0. The summed E-state index contributed by atoms with van der Waals surface area (Å²) in [6.45, 7) is 6.40. The van der Waals surface area contributed by atoms with Crippen molar-refractivity contribution in [2.24, 2.45) is 0 Å². The first kappa shape index (κ1) is 17.7. The summed E-state index contributed by atoms with van der Waals surface area (Å²) in [5.41, 5.74) is 7.97. The molecule has 0 N–H and O–H groups in total. The van der Waals surface area contributed by atoms with E-state index < -0.39 is 11.8 Å². The van der Waals surface area contributed by atoms with Crippen LogP contribution in [0.3, 0.4) is 0 Å². The summed E-state index contributed by atoms with van der Waals surface area (Å²) in [6.07, 6.45) is 4.72. The Morgan fingerprint density at radius 1 is 0.742 bits per heavy atom. The third-order valence-electron chi connectivity index (χ3n) is 6.73. The minimum absolute atomic E-state index is 0.587. The zero-order valence-corrected chi connectivity index (χ0v) is 18.7. The Morgan fingerprint density at radius 2 is 1.42 bits per heavy atom. The van der Waals surface area contributed by atoms with E-state index in [1.54, 1.807) is 0 Å². The van der Waals surface area contributed by atoms with E-state index in [1.165, 1.54) is 22.1 Å². The number of nitrogens with zero attached hydrogens (tertiary/aromatic N) is 1. The molecule has 0 unspecified atom stereocenters. The molecule has 0 saturated heterocycles. The molecule has 0 radical (unpaired) electrons. The van der Waals surface area contributed by atoms with Gasteiger partial charge in [-0.1, -0.05) is 59.7 Å². The highest BCUT2D eigenvalue weighted by molar-refractivity contribution is 5.97. The van der Waals surface area contributed by atoms with Gasteiger partial charge < -0.3 is 0 Å². The van der Waals surface area contributed by atoms with Crippen LogP contribution in [-0.2, 0) is 0 Å². The maximum absolute atomic E-state index is 9.39. The van der Waals surface area contributed by atoms with E-state index >= 15 is 0 Å². The fraction of sp³-hybridized carbons (Fsp3) is 0.300. The third-order valence-corrected chi connectivity index (χ3v) is 6.73. The van der Waals surface area contributed by atoms with Crippen molar-refractivity contribution in [1.82, 2.24) is 4.98 Å². The van der Waals surface area contributed by atoms with Crippen LogP contribution in [0.1, 0.15) is 68.0 Å². The number of hydrogen-bond donors (Lipinski definition) is 0. The molecule has 156 valence electrons. The van der Waals surface area contributed by atoms with Crippen LogP contribution < -0.4 is 0 Å². The van der Waals surface area contributed by atoms with E-state index in [0.29, 0.717) is 25.7 Å². The predicted octanol–water partition coefficient (Wildman–Crippen LogP) is 8.27. The molecule has 1 fully saturated rings. The number of rotatable bonds is 3. The van der Waals surface area contributed by atoms with Crippen LogP contribution in [-0.4, -0.2) is 4.98 Å². The van der Waals surface area contributed by atoms with E-state index in [4.69, 9.17) is 6.35 Å². The summed E-state index contributed by atoms with van der Waals surface area (Å²) in [6, 6.07) is 23.1. The minimum atomic E-state index is -0.652. The van der Waals surface area contributed by atoms with E-state index in [1.807, 2.05) is 24.4 Å². The Bertz CT molecular complexity index is 1300. The molecule has 1 heteroatoms. The Balaban J connectivity index is 1.52. The van der Waals surface area contributed by atoms with Crippen molar-refractivity contribution in [3.05, 3.63) is 101 Å². The highest BCUT2D eigenvalue weighted by atomic mass is 14.7. The Kier molecular flexibility index (Phi) is 4.75. The van der Waals surface area contributed by atoms with Crippen molar-refractivity contribution in [2.45, 2.75) is 58.2 Å². The molecule has 1 heterocycles. The largest absolute Gasteiger partial charge is 0.256 e. The summed E-state index contributed by atoms with van der Waals surface area (Å²) in [5, 5.41) is 2.32. The van der Waals surface area contributed by atoms with Crippen molar-refractivity contribution in [3.63, 3.8) is 0 Å². The standard InChI is InChI=1S/C30H31N/c1-20-17-21(2)19-26(18-20)30-29-14-13-27(22(3)28(29)15-16-31-30)25-11-9-24(10-12-25)23-7-5-4-6-8-23/h4-8,13-19,24-25H,9-12H2,1-3H3/i24D,25D. The normalized spacial score (nSPS) is 24.6. The predicted molar refractivity (Wildman–Crippen MR) is 132 cm³/mol. The highest BCUT2D eigenvalue weighted by Gasteiger charge is 2.25. The maximum atomic E-state index is 9.39. The molecule has 5 rings (SSSR count). The van der Waals surface area contributed by atoms with Gasteiger partial charge in [-0.15, -0.1) is 0 Å². The molecule has 0 aliphatic heterocycles. The molecule has 3 aromatic carbocycles. The van der Waals surface area contributed by atoms with Crippen molar-refractivity contribution >= 4 is 10.8 Å². The first-order chi connectivity index (χ1) is 15.8. The lowest BCUT2D eigenvalue weighted by Crippen LogP contribution is -2.13. The first-order valence-corrected chi connectivity index (χ1v) is 11.3. The summed E-state index contributed by atoms with van der Waals surface area (Å²) in [4.78, 5) is 4.74. The Morgan fingerprint density at radius 3 is 2.13 bits per heavy atom. The van der Waals surface area contributed by atoms with Gasteiger partial charge in [0.05, 0.1) is 5.69 Å². The van der Waals surface area contributed by atoms with Gasteiger partial charge in [-0.3, -0.25) is 4.98 Å². The molecule has 0 amide bonds. The molecule has 1 aromatic heterocycles. The highest BCUT2D eigenvalue weighted by Crippen LogP contribution is 2.43. The topological polar surface area (TPSA) is 12.9 Å². The molecular weight excluding hydrogens is 374 g/mol. The van der Waals surface area contributed by atoms with Gasteiger partial charge in [0.2, 0.25) is 0 Å². The van der Waals surface area contributed by atoms with Crippen LogP contribution in [0.2, 0.25) is 0 Å². The van der Waals surface area contributed by atoms with Crippen molar-refractivity contribution < 1.29 is 2.74 Å². The molecule has 31 heavy (non-hydrogen) atoms. The number of hydrogen-bond acceptors (Lipinski definition) is 1. The molecular formula is C30H31N. The SMILES string of the molecule is [2H]C1(c2ccccc2)CCC([2H])(c2ccc3c(-c4cc(C)cc(C)c4)nccc3c2C)CC1. The van der Waals surface area contributed by atoms with Gasteiger partial charge in [0.1, 0.15) is 0 Å². The van der Waals surface area contributed by atoms with Crippen LogP contribution in [0.25, 0.3) is 22.0 Å². The van der Waals surface area contributed by atoms with Crippen LogP contribution in [0.4, 0.5) is 0 Å². The lowest BCUT2D eigenvalue weighted by atomic mass is 9.75. The fourth-order valence-corrected chi connectivity index (χ4v) is 5.22. The third kappa shape index (κ3) is 3.90. The van der Waals surface area contributed by atoms with Crippen molar-refractivity contribution in [3.8, 4) is 11.3 Å². The fourth-order valence-electron chi connectivity index (χ4n) is 5.22. The van der Waals surface area contributed by atoms with Gasteiger partial charge in [-0.05, 0) is 98.5 Å².